The third-order valence-corrected chi connectivity index (χ3v) is 7.12. The Kier molecular flexibility index (Phi) is 5.68. The first-order valence-corrected chi connectivity index (χ1v) is 12.4. The van der Waals surface area contributed by atoms with Crippen LogP contribution in [-0.4, -0.2) is 21.2 Å². The number of aliphatic carboxylic acids is 1. The minimum Gasteiger partial charge on any atom is -0.481 e. The Hall–Kier alpha value is -4.91. The standard InChI is InChI=1S/C31H26N4O3/c1-19-28(34-27-7-3-6-26(33-27)23-4-2-5-25(32)18-23)29(38-35-19)22-10-8-20(9-11-22)21-12-14-24(15-13-21)31(16-17-31)30(36)37/h2-15,18H,16-17,32H2,1H3,(H,33,34)(H,36,37). The van der Waals surface area contributed by atoms with Crippen molar-refractivity contribution in [2.24, 2.45) is 0 Å². The number of nitrogens with two attached hydrogens (primary N) is 1. The molecule has 2 heterocycles. The molecule has 2 aromatic heterocycles. The lowest BCUT2D eigenvalue weighted by Gasteiger charge is -2.11. The Morgan fingerprint density at radius 2 is 1.55 bits per heavy atom. The van der Waals surface area contributed by atoms with E-state index in [9.17, 15) is 9.90 Å². The zero-order chi connectivity index (χ0) is 26.3. The first-order valence-electron chi connectivity index (χ1n) is 12.4. The molecule has 188 valence electrons. The number of nitrogens with zero attached hydrogens (tertiary/aromatic N) is 2. The first-order chi connectivity index (χ1) is 18.4. The minimum atomic E-state index is -0.743. The number of nitrogen functional groups attached to an aromatic ring is 1. The molecule has 7 nitrogen and oxygen atoms in total. The first kappa shape index (κ1) is 23.5. The summed E-state index contributed by atoms with van der Waals surface area (Å²) in [6.07, 6.45) is 1.40. The van der Waals surface area contributed by atoms with Gasteiger partial charge in [-0.3, -0.25) is 4.79 Å². The van der Waals surface area contributed by atoms with Crippen LogP contribution in [0.4, 0.5) is 17.2 Å². The number of pyridine rings is 1. The smallest absolute Gasteiger partial charge is 0.314 e. The molecule has 0 bridgehead atoms. The molecule has 0 amide bonds. The Bertz CT molecular complexity index is 1640. The highest BCUT2D eigenvalue weighted by Gasteiger charge is 2.51. The number of hydrogen-bond donors (Lipinski definition) is 3. The number of aryl methyl sites for hydroxylation is 1. The summed E-state index contributed by atoms with van der Waals surface area (Å²) in [6, 6.07) is 29.3. The summed E-state index contributed by atoms with van der Waals surface area (Å²) < 4.78 is 5.70. The fourth-order valence-electron chi connectivity index (χ4n) is 4.75. The van der Waals surface area contributed by atoms with Crippen LogP contribution in [0.15, 0.2) is 95.5 Å². The third kappa shape index (κ3) is 4.28. The summed E-state index contributed by atoms with van der Waals surface area (Å²) in [5.41, 5.74) is 13.0. The van der Waals surface area contributed by atoms with Crippen LogP contribution in [0.5, 0.6) is 0 Å². The van der Waals surface area contributed by atoms with Gasteiger partial charge in [0.1, 0.15) is 17.2 Å². The van der Waals surface area contributed by atoms with E-state index in [0.29, 0.717) is 30.1 Å². The summed E-state index contributed by atoms with van der Waals surface area (Å²) in [4.78, 5) is 16.4. The number of carboxylic acids is 1. The van der Waals surface area contributed by atoms with Gasteiger partial charge in [0, 0.05) is 16.8 Å². The number of carboxylic acid groups (broad SMARTS) is 1. The molecule has 4 N–H and O–H groups in total. The van der Waals surface area contributed by atoms with Gasteiger partial charge in [0.15, 0.2) is 5.76 Å². The number of anilines is 3. The van der Waals surface area contributed by atoms with E-state index in [1.165, 1.54) is 0 Å². The second-order valence-electron chi connectivity index (χ2n) is 9.67. The van der Waals surface area contributed by atoms with E-state index in [4.69, 9.17) is 15.2 Å². The average Bonchev–Trinajstić information content (AvgIpc) is 3.68. The fraction of sp³-hybridized carbons (Fsp3) is 0.129. The molecule has 1 aliphatic rings. The summed E-state index contributed by atoms with van der Waals surface area (Å²) in [5, 5.41) is 17.1. The number of aromatic nitrogens is 2. The largest absolute Gasteiger partial charge is 0.481 e. The molecule has 7 heteroatoms. The second kappa shape index (κ2) is 9.19. The van der Waals surface area contributed by atoms with Gasteiger partial charge in [0.2, 0.25) is 0 Å². The van der Waals surface area contributed by atoms with Crippen molar-refractivity contribution in [3.05, 3.63) is 102 Å². The maximum atomic E-state index is 11.6. The van der Waals surface area contributed by atoms with E-state index in [0.717, 1.165) is 44.9 Å². The van der Waals surface area contributed by atoms with Crippen molar-refractivity contribution >= 4 is 23.2 Å². The van der Waals surface area contributed by atoms with E-state index in [1.807, 2.05) is 97.9 Å². The summed E-state index contributed by atoms with van der Waals surface area (Å²) >= 11 is 0. The molecular weight excluding hydrogens is 476 g/mol. The SMILES string of the molecule is Cc1noc(-c2ccc(-c3ccc(C4(C(=O)O)CC4)cc3)cc2)c1Nc1cccc(-c2cccc(N)c2)n1. The Labute approximate surface area is 220 Å². The van der Waals surface area contributed by atoms with Gasteiger partial charge in [-0.05, 0) is 60.7 Å². The fourth-order valence-corrected chi connectivity index (χ4v) is 4.75. The van der Waals surface area contributed by atoms with Crippen molar-refractivity contribution in [1.82, 2.24) is 10.1 Å². The third-order valence-electron chi connectivity index (χ3n) is 7.12. The minimum absolute atomic E-state index is 0.623. The Morgan fingerprint density at radius 3 is 2.21 bits per heavy atom. The zero-order valence-corrected chi connectivity index (χ0v) is 20.8. The molecule has 0 atom stereocenters. The van der Waals surface area contributed by atoms with E-state index in [1.54, 1.807) is 0 Å². The van der Waals surface area contributed by atoms with Crippen LogP contribution < -0.4 is 11.1 Å². The Morgan fingerprint density at radius 1 is 0.895 bits per heavy atom. The zero-order valence-electron chi connectivity index (χ0n) is 20.8. The number of carbonyl (C=O) groups is 1. The molecule has 1 aliphatic carbocycles. The molecule has 1 saturated carbocycles. The van der Waals surface area contributed by atoms with Crippen LogP contribution in [0.1, 0.15) is 24.1 Å². The maximum Gasteiger partial charge on any atom is 0.314 e. The quantitative estimate of drug-likeness (QED) is 0.209. The van der Waals surface area contributed by atoms with Gasteiger partial charge in [0.05, 0.1) is 11.1 Å². The van der Waals surface area contributed by atoms with Crippen molar-refractivity contribution < 1.29 is 14.4 Å². The van der Waals surface area contributed by atoms with Crippen LogP contribution in [-0.2, 0) is 10.2 Å². The number of nitrogens with one attached hydrogen (secondary N) is 1. The molecule has 38 heavy (non-hydrogen) atoms. The molecule has 0 aliphatic heterocycles. The van der Waals surface area contributed by atoms with Gasteiger partial charge < -0.3 is 20.7 Å². The van der Waals surface area contributed by atoms with E-state index in [2.05, 4.69) is 10.5 Å². The molecule has 0 radical (unpaired) electrons. The molecule has 0 spiro atoms. The van der Waals surface area contributed by atoms with E-state index >= 15 is 0 Å². The number of hydrogen-bond acceptors (Lipinski definition) is 6. The molecule has 3 aromatic carbocycles. The molecule has 0 unspecified atom stereocenters. The van der Waals surface area contributed by atoms with Gasteiger partial charge in [-0.25, -0.2) is 4.98 Å². The molecule has 6 rings (SSSR count). The van der Waals surface area contributed by atoms with Gasteiger partial charge in [0.25, 0.3) is 0 Å². The maximum absolute atomic E-state index is 11.6. The van der Waals surface area contributed by atoms with Gasteiger partial charge >= 0.3 is 5.97 Å². The van der Waals surface area contributed by atoms with Crippen LogP contribution in [0.3, 0.4) is 0 Å². The van der Waals surface area contributed by atoms with E-state index < -0.39 is 11.4 Å². The predicted octanol–water partition coefficient (Wildman–Crippen LogP) is 6.82. The monoisotopic (exact) mass is 502 g/mol. The second-order valence-corrected chi connectivity index (χ2v) is 9.67. The number of rotatable bonds is 7. The van der Waals surface area contributed by atoms with Crippen molar-refractivity contribution in [3.8, 4) is 33.7 Å². The van der Waals surface area contributed by atoms with Crippen molar-refractivity contribution in [2.45, 2.75) is 25.2 Å². The van der Waals surface area contributed by atoms with Gasteiger partial charge in [-0.15, -0.1) is 0 Å². The van der Waals surface area contributed by atoms with Gasteiger partial charge in [-0.2, -0.15) is 0 Å². The highest BCUT2D eigenvalue weighted by Crippen LogP contribution is 2.48. The lowest BCUT2D eigenvalue weighted by molar-refractivity contribution is -0.140. The number of benzene rings is 3. The van der Waals surface area contributed by atoms with Crippen LogP contribution >= 0.6 is 0 Å². The topological polar surface area (TPSA) is 114 Å². The molecule has 0 saturated heterocycles. The highest BCUT2D eigenvalue weighted by atomic mass is 16.5. The van der Waals surface area contributed by atoms with Crippen LogP contribution in [0.2, 0.25) is 0 Å². The van der Waals surface area contributed by atoms with Crippen molar-refractivity contribution in [3.63, 3.8) is 0 Å². The highest BCUT2D eigenvalue weighted by molar-refractivity contribution is 5.85. The van der Waals surface area contributed by atoms with E-state index in [-0.39, 0.29) is 0 Å². The van der Waals surface area contributed by atoms with Crippen LogP contribution in [0.25, 0.3) is 33.7 Å². The molecule has 5 aromatic rings. The normalized spacial score (nSPS) is 13.7. The lowest BCUT2D eigenvalue weighted by Crippen LogP contribution is -2.19. The summed E-state index contributed by atoms with van der Waals surface area (Å²) in [5.74, 6) is 0.551. The summed E-state index contributed by atoms with van der Waals surface area (Å²) in [6.45, 7) is 1.89. The van der Waals surface area contributed by atoms with Gasteiger partial charge in [-0.1, -0.05) is 71.9 Å². The average molecular weight is 503 g/mol. The Balaban J connectivity index is 1.24. The van der Waals surface area contributed by atoms with Crippen molar-refractivity contribution in [1.29, 1.82) is 0 Å². The summed E-state index contributed by atoms with van der Waals surface area (Å²) in [7, 11) is 0. The lowest BCUT2D eigenvalue weighted by atomic mass is 9.93. The molecule has 1 fully saturated rings. The molecular formula is C31H26N4O3. The van der Waals surface area contributed by atoms with Crippen molar-refractivity contribution in [2.75, 3.05) is 11.1 Å². The van der Waals surface area contributed by atoms with Crippen LogP contribution in [0, 0.1) is 6.92 Å². The predicted molar refractivity (Wildman–Crippen MR) is 148 cm³/mol.